The molecular weight excluding hydrogens is 279 g/mol. The van der Waals surface area contributed by atoms with Crippen LogP contribution in [0.2, 0.25) is 5.02 Å². The number of carbonyl (C=O) groups excluding carboxylic acids is 1. The maximum atomic E-state index is 13.9. The van der Waals surface area contributed by atoms with Crippen molar-refractivity contribution in [1.29, 1.82) is 0 Å². The average molecular weight is 299 g/mol. The fraction of sp³-hybridized carbons (Fsp3) is 0.533. The molecule has 0 aromatic heterocycles. The van der Waals surface area contributed by atoms with Crippen molar-refractivity contribution in [2.24, 2.45) is 11.7 Å². The summed E-state index contributed by atoms with van der Waals surface area (Å²) in [5.41, 5.74) is 5.75. The van der Waals surface area contributed by atoms with E-state index in [2.05, 4.69) is 0 Å². The van der Waals surface area contributed by atoms with Crippen molar-refractivity contribution in [2.75, 3.05) is 13.1 Å². The van der Waals surface area contributed by atoms with Crippen LogP contribution in [-0.2, 0) is 0 Å². The first-order valence-corrected chi connectivity index (χ1v) is 7.43. The summed E-state index contributed by atoms with van der Waals surface area (Å²) in [6, 6.07) is 4.40. The Hall–Kier alpha value is -1.13. The van der Waals surface area contributed by atoms with E-state index in [0.717, 1.165) is 19.3 Å². The van der Waals surface area contributed by atoms with Crippen LogP contribution in [0.15, 0.2) is 18.2 Å². The lowest BCUT2D eigenvalue weighted by Gasteiger charge is -2.32. The highest BCUT2D eigenvalue weighted by molar-refractivity contribution is 6.33. The number of hydrogen-bond donors (Lipinski definition) is 1. The number of hydrogen-bond acceptors (Lipinski definition) is 2. The summed E-state index contributed by atoms with van der Waals surface area (Å²) in [7, 11) is 0. The predicted octanol–water partition coefficient (Wildman–Crippen LogP) is 3.07. The number of carbonyl (C=O) groups is 1. The molecule has 2 rings (SSSR count). The van der Waals surface area contributed by atoms with Crippen molar-refractivity contribution in [2.45, 2.75) is 32.2 Å². The van der Waals surface area contributed by atoms with Crippen LogP contribution in [0.3, 0.4) is 0 Å². The van der Waals surface area contributed by atoms with Crippen molar-refractivity contribution < 1.29 is 9.18 Å². The molecule has 2 atom stereocenters. The molecule has 20 heavy (non-hydrogen) atoms. The Labute approximate surface area is 123 Å². The smallest absolute Gasteiger partial charge is 0.258 e. The second-order valence-corrected chi connectivity index (χ2v) is 5.59. The van der Waals surface area contributed by atoms with Crippen molar-refractivity contribution in [3.05, 3.63) is 34.6 Å². The summed E-state index contributed by atoms with van der Waals surface area (Å²) in [6.45, 7) is 2.99. The average Bonchev–Trinajstić information content (AvgIpc) is 2.87. The van der Waals surface area contributed by atoms with Gasteiger partial charge in [-0.25, -0.2) is 4.39 Å². The zero-order valence-electron chi connectivity index (χ0n) is 11.6. The third-order valence-corrected chi connectivity index (χ3v) is 4.42. The number of amides is 1. The highest BCUT2D eigenvalue weighted by Crippen LogP contribution is 2.31. The second-order valence-electron chi connectivity index (χ2n) is 5.18. The van der Waals surface area contributed by atoms with E-state index < -0.39 is 5.82 Å². The van der Waals surface area contributed by atoms with Gasteiger partial charge >= 0.3 is 0 Å². The van der Waals surface area contributed by atoms with Crippen molar-refractivity contribution in [1.82, 2.24) is 4.90 Å². The van der Waals surface area contributed by atoms with Gasteiger partial charge in [0.1, 0.15) is 5.82 Å². The molecule has 1 aromatic carbocycles. The summed E-state index contributed by atoms with van der Waals surface area (Å²) in [5, 5.41) is 0.163. The number of halogens is 2. The first-order chi connectivity index (χ1) is 9.60. The van der Waals surface area contributed by atoms with Gasteiger partial charge in [0.25, 0.3) is 5.91 Å². The zero-order chi connectivity index (χ0) is 14.7. The van der Waals surface area contributed by atoms with Gasteiger partial charge in [0, 0.05) is 12.6 Å². The van der Waals surface area contributed by atoms with E-state index in [0.29, 0.717) is 19.0 Å². The van der Waals surface area contributed by atoms with Crippen LogP contribution in [0.4, 0.5) is 4.39 Å². The van der Waals surface area contributed by atoms with Crippen LogP contribution in [0.5, 0.6) is 0 Å². The molecule has 0 spiro atoms. The molecule has 1 amide bonds. The minimum absolute atomic E-state index is 0.0290. The molecule has 0 aliphatic heterocycles. The molecule has 1 aliphatic rings. The van der Waals surface area contributed by atoms with Crippen LogP contribution < -0.4 is 5.73 Å². The summed E-state index contributed by atoms with van der Waals surface area (Å²) < 4.78 is 13.9. The van der Waals surface area contributed by atoms with Crippen molar-refractivity contribution in [3.63, 3.8) is 0 Å². The highest BCUT2D eigenvalue weighted by atomic mass is 35.5. The topological polar surface area (TPSA) is 46.3 Å². The Bertz CT molecular complexity index is 475. The van der Waals surface area contributed by atoms with Crippen LogP contribution in [-0.4, -0.2) is 29.9 Å². The van der Waals surface area contributed by atoms with E-state index in [1.54, 1.807) is 11.0 Å². The fourth-order valence-corrected chi connectivity index (χ4v) is 3.32. The van der Waals surface area contributed by atoms with Gasteiger partial charge in [-0.2, -0.15) is 0 Å². The van der Waals surface area contributed by atoms with Gasteiger partial charge in [0.2, 0.25) is 0 Å². The lowest BCUT2D eigenvalue weighted by atomic mass is 10.0. The van der Waals surface area contributed by atoms with Gasteiger partial charge < -0.3 is 10.6 Å². The van der Waals surface area contributed by atoms with E-state index in [1.165, 1.54) is 12.1 Å². The maximum Gasteiger partial charge on any atom is 0.258 e. The molecule has 110 valence electrons. The Balaban J connectivity index is 2.30. The quantitative estimate of drug-likeness (QED) is 0.928. The predicted molar refractivity (Wildman–Crippen MR) is 78.3 cm³/mol. The van der Waals surface area contributed by atoms with Crippen LogP contribution in [0.25, 0.3) is 0 Å². The molecule has 1 saturated carbocycles. The SMILES string of the molecule is CCN(C(=O)c1c(F)cccc1Cl)C1CCCC1CN. The number of benzene rings is 1. The zero-order valence-corrected chi connectivity index (χ0v) is 12.4. The van der Waals surface area contributed by atoms with Crippen LogP contribution >= 0.6 is 11.6 Å². The second kappa shape index (κ2) is 6.55. The van der Waals surface area contributed by atoms with Crippen LogP contribution in [0, 0.1) is 11.7 Å². The molecule has 1 aliphatic carbocycles. The van der Waals surface area contributed by atoms with E-state index in [1.807, 2.05) is 6.92 Å². The minimum atomic E-state index is -0.566. The van der Waals surface area contributed by atoms with Gasteiger partial charge in [0.05, 0.1) is 10.6 Å². The normalized spacial score (nSPS) is 22.0. The Morgan fingerprint density at radius 3 is 2.85 bits per heavy atom. The molecule has 1 aromatic rings. The van der Waals surface area contributed by atoms with Gasteiger partial charge in [-0.1, -0.05) is 24.1 Å². The molecule has 0 heterocycles. The summed E-state index contributed by atoms with van der Waals surface area (Å²) in [5.74, 6) is -0.603. The van der Waals surface area contributed by atoms with Gasteiger partial charge in [0.15, 0.2) is 0 Å². The Kier molecular flexibility index (Phi) is 5.00. The Morgan fingerprint density at radius 1 is 1.50 bits per heavy atom. The number of rotatable bonds is 4. The van der Waals surface area contributed by atoms with Gasteiger partial charge in [-0.3, -0.25) is 4.79 Å². The molecule has 0 saturated heterocycles. The molecule has 2 N–H and O–H groups in total. The lowest BCUT2D eigenvalue weighted by Crippen LogP contribution is -2.44. The van der Waals surface area contributed by atoms with Gasteiger partial charge in [-0.15, -0.1) is 0 Å². The largest absolute Gasteiger partial charge is 0.335 e. The standard InChI is InChI=1S/C15H20ClFN2O/c1-2-19(13-8-3-5-10(13)9-18)15(20)14-11(16)6-4-7-12(14)17/h4,6-7,10,13H,2-3,5,8-9,18H2,1H3. The lowest BCUT2D eigenvalue weighted by molar-refractivity contribution is 0.0647. The first kappa shape index (κ1) is 15.3. The molecule has 0 bridgehead atoms. The van der Waals surface area contributed by atoms with E-state index in [9.17, 15) is 9.18 Å². The minimum Gasteiger partial charge on any atom is -0.335 e. The fourth-order valence-electron chi connectivity index (χ4n) is 3.08. The number of nitrogens with zero attached hydrogens (tertiary/aromatic N) is 1. The molecule has 3 nitrogen and oxygen atoms in total. The van der Waals surface area contributed by atoms with Crippen molar-refractivity contribution >= 4 is 17.5 Å². The maximum absolute atomic E-state index is 13.9. The van der Waals surface area contributed by atoms with E-state index in [-0.39, 0.29) is 22.5 Å². The molecular formula is C15H20ClFN2O. The summed E-state index contributed by atoms with van der Waals surface area (Å²) in [6.07, 6.45) is 3.00. The monoisotopic (exact) mass is 298 g/mol. The highest BCUT2D eigenvalue weighted by Gasteiger charge is 2.34. The molecule has 5 heteroatoms. The van der Waals surface area contributed by atoms with E-state index >= 15 is 0 Å². The Morgan fingerprint density at radius 2 is 2.25 bits per heavy atom. The number of nitrogens with two attached hydrogens (primary N) is 1. The van der Waals surface area contributed by atoms with E-state index in [4.69, 9.17) is 17.3 Å². The third kappa shape index (κ3) is 2.81. The van der Waals surface area contributed by atoms with Gasteiger partial charge in [-0.05, 0) is 44.4 Å². The first-order valence-electron chi connectivity index (χ1n) is 7.05. The molecule has 0 radical (unpaired) electrons. The summed E-state index contributed by atoms with van der Waals surface area (Å²) in [4.78, 5) is 14.3. The third-order valence-electron chi connectivity index (χ3n) is 4.10. The summed E-state index contributed by atoms with van der Waals surface area (Å²) >= 11 is 5.99. The molecule has 2 unspecified atom stereocenters. The van der Waals surface area contributed by atoms with Crippen molar-refractivity contribution in [3.8, 4) is 0 Å². The molecule has 1 fully saturated rings. The van der Waals surface area contributed by atoms with Crippen LogP contribution in [0.1, 0.15) is 36.5 Å².